The second-order valence-corrected chi connectivity index (χ2v) is 5.39. The first-order valence-electron chi connectivity index (χ1n) is 4.35. The van der Waals surface area contributed by atoms with Gasteiger partial charge in [-0.3, -0.25) is 0 Å². The molecule has 0 saturated carbocycles. The lowest BCUT2D eigenvalue weighted by Gasteiger charge is -1.99. The van der Waals surface area contributed by atoms with Gasteiger partial charge in [-0.05, 0) is 6.54 Å². The molecule has 6 heteroatoms. The fourth-order valence-corrected chi connectivity index (χ4v) is 2.96. The number of nitrogens with two attached hydrogens (primary N) is 1. The molecule has 0 bridgehead atoms. The second kappa shape index (κ2) is 3.29. The van der Waals surface area contributed by atoms with Crippen LogP contribution in [0.15, 0.2) is 6.20 Å². The van der Waals surface area contributed by atoms with Crippen LogP contribution in [0.1, 0.15) is 17.1 Å². The van der Waals surface area contributed by atoms with E-state index in [4.69, 9.17) is 5.73 Å². The molecule has 2 heterocycles. The van der Waals surface area contributed by atoms with Crippen LogP contribution in [0.4, 0.5) is 0 Å². The largest absolute Gasteiger partial charge is 0.330 e. The van der Waals surface area contributed by atoms with Crippen molar-refractivity contribution in [2.45, 2.75) is 17.9 Å². The van der Waals surface area contributed by atoms with Gasteiger partial charge in [-0.2, -0.15) is 0 Å². The third kappa shape index (κ3) is 1.76. The molecule has 0 atom stereocenters. The summed E-state index contributed by atoms with van der Waals surface area (Å²) in [6.45, 7) is 0.478. The van der Waals surface area contributed by atoms with Crippen LogP contribution in [0.25, 0.3) is 0 Å². The van der Waals surface area contributed by atoms with Crippen LogP contribution < -0.4 is 5.73 Å². The van der Waals surface area contributed by atoms with Crippen LogP contribution in [0.2, 0.25) is 0 Å². The molecule has 5 nitrogen and oxygen atoms in total. The minimum Gasteiger partial charge on any atom is -0.330 e. The van der Waals surface area contributed by atoms with E-state index in [0.717, 1.165) is 5.56 Å². The average molecular weight is 213 g/mol. The van der Waals surface area contributed by atoms with Gasteiger partial charge in [0, 0.05) is 18.2 Å². The highest BCUT2D eigenvalue weighted by Crippen LogP contribution is 2.22. The first-order chi connectivity index (χ1) is 6.61. The fraction of sp³-hybridized carbons (Fsp3) is 0.500. The van der Waals surface area contributed by atoms with Crippen molar-refractivity contribution in [3.63, 3.8) is 0 Å². The molecular formula is C8H11N3O2S. The molecule has 14 heavy (non-hydrogen) atoms. The third-order valence-electron chi connectivity index (χ3n) is 2.10. The van der Waals surface area contributed by atoms with Gasteiger partial charge in [0.05, 0.1) is 17.2 Å². The lowest BCUT2D eigenvalue weighted by molar-refractivity contribution is 0.597. The maximum absolute atomic E-state index is 11.3. The number of fused-ring (bicyclic) bond motifs is 1. The molecule has 76 valence electrons. The van der Waals surface area contributed by atoms with Gasteiger partial charge in [0.2, 0.25) is 0 Å². The zero-order valence-corrected chi connectivity index (χ0v) is 8.42. The fourth-order valence-electron chi connectivity index (χ4n) is 1.47. The van der Waals surface area contributed by atoms with Gasteiger partial charge in [-0.15, -0.1) is 0 Å². The zero-order valence-electron chi connectivity index (χ0n) is 7.60. The summed E-state index contributed by atoms with van der Waals surface area (Å²) in [5.41, 5.74) is 6.73. The van der Waals surface area contributed by atoms with E-state index in [0.29, 0.717) is 24.5 Å². The summed E-state index contributed by atoms with van der Waals surface area (Å²) in [5.74, 6) is 0.747. The number of nitrogens with zero attached hydrogens (tertiary/aromatic N) is 2. The quantitative estimate of drug-likeness (QED) is 0.709. The molecule has 0 unspecified atom stereocenters. The maximum Gasteiger partial charge on any atom is 0.160 e. The highest BCUT2D eigenvalue weighted by molar-refractivity contribution is 7.90. The molecule has 0 amide bonds. The summed E-state index contributed by atoms with van der Waals surface area (Å²) in [6, 6.07) is 0. The van der Waals surface area contributed by atoms with E-state index in [1.807, 2.05) is 0 Å². The molecule has 0 aliphatic carbocycles. The second-order valence-electron chi connectivity index (χ2n) is 3.33. The van der Waals surface area contributed by atoms with E-state index < -0.39 is 9.84 Å². The Balaban J connectivity index is 2.35. The van der Waals surface area contributed by atoms with Crippen molar-refractivity contribution in [1.29, 1.82) is 0 Å². The molecule has 0 spiro atoms. The lowest BCUT2D eigenvalue weighted by Crippen LogP contribution is -2.07. The molecule has 1 aromatic rings. The van der Waals surface area contributed by atoms with Crippen molar-refractivity contribution in [1.82, 2.24) is 9.97 Å². The van der Waals surface area contributed by atoms with E-state index >= 15 is 0 Å². The van der Waals surface area contributed by atoms with Crippen LogP contribution in [0.3, 0.4) is 0 Å². The van der Waals surface area contributed by atoms with Crippen molar-refractivity contribution in [2.75, 3.05) is 6.54 Å². The predicted molar refractivity (Wildman–Crippen MR) is 51.1 cm³/mol. The SMILES string of the molecule is NCCc1ncc2c(n1)CS(=O)(=O)C2. The Hall–Kier alpha value is -1.01. The first-order valence-corrected chi connectivity index (χ1v) is 6.17. The molecule has 1 aliphatic rings. The van der Waals surface area contributed by atoms with Gasteiger partial charge in [0.1, 0.15) is 5.82 Å². The zero-order chi connectivity index (χ0) is 10.2. The van der Waals surface area contributed by atoms with Crippen molar-refractivity contribution < 1.29 is 8.42 Å². The standard InChI is InChI=1S/C8H11N3O2S/c9-2-1-8-10-3-6-4-14(12,13)5-7(6)11-8/h3H,1-2,4-5,9H2. The topological polar surface area (TPSA) is 85.9 Å². The third-order valence-corrected chi connectivity index (χ3v) is 3.57. The molecular weight excluding hydrogens is 202 g/mol. The number of sulfone groups is 1. The summed E-state index contributed by atoms with van der Waals surface area (Å²) in [4.78, 5) is 8.22. The van der Waals surface area contributed by atoms with Crippen molar-refractivity contribution in [3.8, 4) is 0 Å². The molecule has 1 aromatic heterocycles. The summed E-state index contributed by atoms with van der Waals surface area (Å²) in [6.07, 6.45) is 2.19. The van der Waals surface area contributed by atoms with Gasteiger partial charge in [0.25, 0.3) is 0 Å². The van der Waals surface area contributed by atoms with Crippen LogP contribution in [0.5, 0.6) is 0 Å². The monoisotopic (exact) mass is 213 g/mol. The summed E-state index contributed by atoms with van der Waals surface area (Å²) < 4.78 is 22.5. The van der Waals surface area contributed by atoms with Gasteiger partial charge in [-0.25, -0.2) is 18.4 Å². The normalized spacial score (nSPS) is 18.1. The van der Waals surface area contributed by atoms with E-state index in [2.05, 4.69) is 9.97 Å². The van der Waals surface area contributed by atoms with E-state index in [1.165, 1.54) is 0 Å². The molecule has 0 aromatic carbocycles. The molecule has 1 aliphatic heterocycles. The minimum absolute atomic E-state index is 0.0441. The Labute approximate surface area is 82.3 Å². The Morgan fingerprint density at radius 1 is 1.43 bits per heavy atom. The van der Waals surface area contributed by atoms with Crippen LogP contribution in [0, 0.1) is 0 Å². The van der Waals surface area contributed by atoms with Gasteiger partial charge in [-0.1, -0.05) is 0 Å². The minimum atomic E-state index is -2.97. The van der Waals surface area contributed by atoms with Gasteiger partial charge in [0.15, 0.2) is 9.84 Å². The van der Waals surface area contributed by atoms with Crippen molar-refractivity contribution in [2.24, 2.45) is 5.73 Å². The van der Waals surface area contributed by atoms with Crippen LogP contribution >= 0.6 is 0 Å². The lowest BCUT2D eigenvalue weighted by atomic mass is 10.2. The Morgan fingerprint density at radius 3 is 2.93 bits per heavy atom. The van der Waals surface area contributed by atoms with Crippen LogP contribution in [-0.2, 0) is 27.8 Å². The Bertz CT molecular complexity index is 456. The number of hydrogen-bond acceptors (Lipinski definition) is 5. The predicted octanol–water partition coefficient (Wildman–Crippen LogP) is -0.594. The van der Waals surface area contributed by atoms with E-state index in [9.17, 15) is 8.42 Å². The summed E-state index contributed by atoms with van der Waals surface area (Å²) in [7, 11) is -2.97. The highest BCUT2D eigenvalue weighted by Gasteiger charge is 2.26. The average Bonchev–Trinajstić information content (AvgIpc) is 2.38. The van der Waals surface area contributed by atoms with Crippen molar-refractivity contribution in [3.05, 3.63) is 23.3 Å². The number of rotatable bonds is 2. The molecule has 0 saturated heterocycles. The highest BCUT2D eigenvalue weighted by atomic mass is 32.2. The van der Waals surface area contributed by atoms with Gasteiger partial charge >= 0.3 is 0 Å². The smallest absolute Gasteiger partial charge is 0.160 e. The van der Waals surface area contributed by atoms with Crippen molar-refractivity contribution >= 4 is 9.84 Å². The van der Waals surface area contributed by atoms with Crippen LogP contribution in [-0.4, -0.2) is 24.9 Å². The molecule has 0 fully saturated rings. The summed E-state index contributed by atoms with van der Waals surface area (Å²) in [5, 5.41) is 0. The Kier molecular flexibility index (Phi) is 2.24. The molecule has 2 rings (SSSR count). The molecule has 2 N–H and O–H groups in total. The van der Waals surface area contributed by atoms with E-state index in [1.54, 1.807) is 6.20 Å². The van der Waals surface area contributed by atoms with E-state index in [-0.39, 0.29) is 11.5 Å². The first kappa shape index (κ1) is 9.54. The van der Waals surface area contributed by atoms with Gasteiger partial charge < -0.3 is 5.73 Å². The number of hydrogen-bond donors (Lipinski definition) is 1. The maximum atomic E-state index is 11.3. The number of aromatic nitrogens is 2. The Morgan fingerprint density at radius 2 is 2.21 bits per heavy atom. The summed E-state index contributed by atoms with van der Waals surface area (Å²) >= 11 is 0. The molecule has 0 radical (unpaired) electrons.